The van der Waals surface area contributed by atoms with E-state index in [9.17, 15) is 9.59 Å². The van der Waals surface area contributed by atoms with Crippen molar-refractivity contribution in [3.8, 4) is 0 Å². The Kier molecular flexibility index (Phi) is 6.74. The molecular weight excluding hydrogens is 328 g/mol. The Morgan fingerprint density at radius 3 is 1.85 bits per heavy atom. The molecular formula is C20H26N4O2. The van der Waals surface area contributed by atoms with Gasteiger partial charge in [-0.25, -0.2) is 0 Å². The van der Waals surface area contributed by atoms with E-state index in [0.717, 1.165) is 5.69 Å². The maximum Gasteiger partial charge on any atom is 0.261 e. The number of hydrazine groups is 2. The first-order valence-electron chi connectivity index (χ1n) is 8.84. The molecule has 2 aliphatic heterocycles. The van der Waals surface area contributed by atoms with Crippen molar-refractivity contribution in [3.63, 3.8) is 0 Å². The molecule has 0 saturated carbocycles. The van der Waals surface area contributed by atoms with E-state index < -0.39 is 0 Å². The average molecular weight is 354 g/mol. The Labute approximate surface area is 154 Å². The van der Waals surface area contributed by atoms with E-state index >= 15 is 0 Å². The molecule has 0 spiro atoms. The van der Waals surface area contributed by atoms with Crippen LogP contribution in [-0.4, -0.2) is 30.3 Å². The second-order valence-corrected chi connectivity index (χ2v) is 5.92. The normalized spacial score (nSPS) is 13.8. The average Bonchev–Trinajstić information content (AvgIpc) is 3.15. The number of carbonyl (C=O) groups is 2. The molecule has 2 heterocycles. The Bertz CT molecular complexity index is 741. The predicted octanol–water partition coefficient (Wildman–Crippen LogP) is 3.69. The quantitative estimate of drug-likeness (QED) is 0.765. The van der Waals surface area contributed by atoms with Crippen molar-refractivity contribution in [2.45, 2.75) is 27.2 Å². The zero-order valence-electron chi connectivity index (χ0n) is 15.7. The summed E-state index contributed by atoms with van der Waals surface area (Å²) in [6.45, 7) is 6.48. The van der Waals surface area contributed by atoms with E-state index in [4.69, 9.17) is 0 Å². The number of para-hydroxylation sites is 2. The smallest absolute Gasteiger partial charge is 0.261 e. The van der Waals surface area contributed by atoms with Crippen molar-refractivity contribution < 1.29 is 9.59 Å². The van der Waals surface area contributed by atoms with Crippen LogP contribution in [-0.2, 0) is 0 Å². The van der Waals surface area contributed by atoms with Crippen LogP contribution in [0.4, 0.5) is 11.4 Å². The van der Waals surface area contributed by atoms with Gasteiger partial charge in [-0.3, -0.25) is 19.5 Å². The molecule has 138 valence electrons. The minimum absolute atomic E-state index is 0.178. The van der Waals surface area contributed by atoms with Gasteiger partial charge >= 0.3 is 0 Å². The minimum atomic E-state index is -0.178. The van der Waals surface area contributed by atoms with Gasteiger partial charge in [0.15, 0.2) is 0 Å². The highest BCUT2D eigenvalue weighted by molar-refractivity contribution is 6.21. The van der Waals surface area contributed by atoms with Crippen molar-refractivity contribution in [3.05, 3.63) is 59.7 Å². The van der Waals surface area contributed by atoms with Gasteiger partial charge in [-0.05, 0) is 31.2 Å². The zero-order chi connectivity index (χ0) is 19.1. The Morgan fingerprint density at radius 1 is 0.846 bits per heavy atom. The summed E-state index contributed by atoms with van der Waals surface area (Å²) in [5.41, 5.74) is 9.35. The number of nitrogens with zero attached hydrogens (tertiary/aromatic N) is 2. The highest BCUT2D eigenvalue weighted by atomic mass is 16.2. The molecule has 0 saturated heterocycles. The zero-order valence-corrected chi connectivity index (χ0v) is 15.7. The highest BCUT2D eigenvalue weighted by Crippen LogP contribution is 2.26. The summed E-state index contributed by atoms with van der Waals surface area (Å²) in [5, 5.41) is 1.94. The van der Waals surface area contributed by atoms with Crippen LogP contribution in [0.5, 0.6) is 0 Å². The van der Waals surface area contributed by atoms with Gasteiger partial charge in [-0.2, -0.15) is 0 Å². The summed E-state index contributed by atoms with van der Waals surface area (Å²) in [7, 11) is 1.97. The van der Waals surface area contributed by atoms with E-state index in [2.05, 4.69) is 30.9 Å². The lowest BCUT2D eigenvalue weighted by molar-refractivity contribution is 0.0663. The van der Waals surface area contributed by atoms with E-state index in [0.29, 0.717) is 17.7 Å². The third-order valence-corrected chi connectivity index (χ3v) is 3.82. The second-order valence-electron chi connectivity index (χ2n) is 5.92. The first-order chi connectivity index (χ1) is 12.5. The van der Waals surface area contributed by atoms with Crippen LogP contribution in [0.1, 0.15) is 47.9 Å². The SMILES string of the molecule is CCC.CCN1C(=O)c2ccccc2C1=O.CN1NNc2ccccc21. The number of rotatable bonds is 1. The molecule has 0 atom stereocenters. The number of amides is 2. The molecule has 2 N–H and O–H groups in total. The molecule has 0 aromatic heterocycles. The first kappa shape index (κ1) is 19.5. The third kappa shape index (κ3) is 4.03. The van der Waals surface area contributed by atoms with Crippen molar-refractivity contribution in [1.82, 2.24) is 10.4 Å². The van der Waals surface area contributed by atoms with Gasteiger partial charge in [0.05, 0.1) is 22.5 Å². The molecule has 6 nitrogen and oxygen atoms in total. The molecule has 2 aromatic rings. The number of anilines is 2. The van der Waals surface area contributed by atoms with Crippen LogP contribution < -0.4 is 16.0 Å². The van der Waals surface area contributed by atoms with E-state index in [-0.39, 0.29) is 11.8 Å². The predicted molar refractivity (Wildman–Crippen MR) is 105 cm³/mol. The maximum atomic E-state index is 11.5. The van der Waals surface area contributed by atoms with E-state index in [1.165, 1.54) is 17.0 Å². The Hall–Kier alpha value is -2.86. The number of nitrogens with one attached hydrogen (secondary N) is 2. The maximum absolute atomic E-state index is 11.5. The molecule has 0 aliphatic carbocycles. The minimum Gasteiger partial charge on any atom is -0.302 e. The molecule has 0 bridgehead atoms. The van der Waals surface area contributed by atoms with Crippen molar-refractivity contribution >= 4 is 23.2 Å². The fourth-order valence-corrected chi connectivity index (χ4v) is 2.60. The van der Waals surface area contributed by atoms with Gasteiger partial charge in [0, 0.05) is 13.6 Å². The highest BCUT2D eigenvalue weighted by Gasteiger charge is 2.33. The Morgan fingerprint density at radius 2 is 1.35 bits per heavy atom. The van der Waals surface area contributed by atoms with Crippen LogP contribution in [0, 0.1) is 0 Å². The third-order valence-electron chi connectivity index (χ3n) is 3.82. The van der Waals surface area contributed by atoms with Gasteiger partial charge in [-0.15, -0.1) is 5.53 Å². The molecule has 6 heteroatoms. The first-order valence-corrected chi connectivity index (χ1v) is 8.84. The molecule has 4 rings (SSSR count). The van der Waals surface area contributed by atoms with E-state index in [1.54, 1.807) is 31.2 Å². The van der Waals surface area contributed by atoms with Gasteiger partial charge in [-0.1, -0.05) is 44.5 Å². The lowest BCUT2D eigenvalue weighted by Gasteiger charge is -2.08. The monoisotopic (exact) mass is 354 g/mol. The lowest BCUT2D eigenvalue weighted by atomic mass is 10.1. The molecule has 2 amide bonds. The van der Waals surface area contributed by atoms with Crippen molar-refractivity contribution in [2.24, 2.45) is 0 Å². The summed E-state index contributed by atoms with van der Waals surface area (Å²) >= 11 is 0. The molecule has 0 fully saturated rings. The summed E-state index contributed by atoms with van der Waals surface area (Å²) in [5.74, 6) is -0.355. The molecule has 2 aliphatic rings. The summed E-state index contributed by atoms with van der Waals surface area (Å²) in [4.78, 5) is 24.3. The number of imide groups is 1. The Balaban J connectivity index is 0.000000167. The topological polar surface area (TPSA) is 64.7 Å². The fourth-order valence-electron chi connectivity index (χ4n) is 2.60. The summed E-state index contributed by atoms with van der Waals surface area (Å²) in [6.07, 6.45) is 1.25. The van der Waals surface area contributed by atoms with Crippen LogP contribution in [0.2, 0.25) is 0 Å². The fraction of sp³-hybridized carbons (Fsp3) is 0.300. The van der Waals surface area contributed by atoms with E-state index in [1.807, 2.05) is 30.3 Å². The van der Waals surface area contributed by atoms with Gasteiger partial charge < -0.3 is 5.43 Å². The standard InChI is InChI=1S/C10H9NO2.C7H9N3.C3H8/c1-2-11-9(12)7-5-3-4-6-8(7)10(11)13;1-10-7-5-3-2-4-6(7)8-9-10;1-3-2/h3-6H,2H2,1H3;2-5,8-9H,1H3;3H2,1-2H3. The number of hydrogen-bond acceptors (Lipinski definition) is 5. The molecule has 0 unspecified atom stereocenters. The summed E-state index contributed by atoms with van der Waals surface area (Å²) < 4.78 is 0. The largest absolute Gasteiger partial charge is 0.302 e. The van der Waals surface area contributed by atoms with Crippen LogP contribution in [0.3, 0.4) is 0 Å². The van der Waals surface area contributed by atoms with Gasteiger partial charge in [0.25, 0.3) is 11.8 Å². The molecule has 26 heavy (non-hydrogen) atoms. The van der Waals surface area contributed by atoms with Crippen LogP contribution in [0.25, 0.3) is 0 Å². The molecule has 2 aromatic carbocycles. The molecule has 0 radical (unpaired) electrons. The van der Waals surface area contributed by atoms with Gasteiger partial charge in [0.1, 0.15) is 0 Å². The number of hydrogen-bond donors (Lipinski definition) is 2. The second kappa shape index (κ2) is 9.01. The number of benzene rings is 2. The van der Waals surface area contributed by atoms with Crippen LogP contribution >= 0.6 is 0 Å². The van der Waals surface area contributed by atoms with Gasteiger partial charge in [0.2, 0.25) is 0 Å². The van der Waals surface area contributed by atoms with Crippen LogP contribution in [0.15, 0.2) is 48.5 Å². The summed E-state index contributed by atoms with van der Waals surface area (Å²) in [6, 6.07) is 15.0. The van der Waals surface area contributed by atoms with Crippen molar-refractivity contribution in [1.29, 1.82) is 0 Å². The lowest BCUT2D eigenvalue weighted by Crippen LogP contribution is -2.31. The van der Waals surface area contributed by atoms with Crippen molar-refractivity contribution in [2.75, 3.05) is 24.0 Å². The number of fused-ring (bicyclic) bond motifs is 2. The number of carbonyl (C=O) groups excluding carboxylic acids is 2.